The van der Waals surface area contributed by atoms with E-state index in [0.717, 1.165) is 17.0 Å². The molecule has 0 bridgehead atoms. The van der Waals surface area contributed by atoms with E-state index in [4.69, 9.17) is 4.74 Å². The zero-order valence-corrected chi connectivity index (χ0v) is 12.0. The van der Waals surface area contributed by atoms with Crippen LogP contribution in [0.2, 0.25) is 0 Å². The summed E-state index contributed by atoms with van der Waals surface area (Å²) in [5.74, 6) is 0.321. The highest BCUT2D eigenvalue weighted by molar-refractivity contribution is 7.99. The van der Waals surface area contributed by atoms with Crippen LogP contribution in [0.4, 0.5) is 18.9 Å². The number of anilines is 1. The first-order valence-corrected chi connectivity index (χ1v) is 7.68. The molecule has 1 aromatic rings. The topological polar surface area (TPSA) is 29.5 Å². The third kappa shape index (κ3) is 2.89. The highest BCUT2D eigenvalue weighted by Crippen LogP contribution is 2.40. The standard InChI is InChI=1S/C14H14F3NO2S/c15-14(16,17)10-1-2-12-11(7-10)18(4-6-21-12)13(19)9-3-5-20-8-9/h1-2,7,9H,3-6,8H2. The van der Waals surface area contributed by atoms with Gasteiger partial charge in [-0.25, -0.2) is 0 Å². The van der Waals surface area contributed by atoms with Gasteiger partial charge in [0.1, 0.15) is 0 Å². The van der Waals surface area contributed by atoms with Gasteiger partial charge in [0.15, 0.2) is 0 Å². The van der Waals surface area contributed by atoms with Crippen molar-refractivity contribution in [3.8, 4) is 0 Å². The van der Waals surface area contributed by atoms with Crippen molar-refractivity contribution in [3.05, 3.63) is 23.8 Å². The van der Waals surface area contributed by atoms with Crippen molar-refractivity contribution >= 4 is 23.4 Å². The normalized spacial score (nSPS) is 22.2. The Hall–Kier alpha value is -1.21. The molecular weight excluding hydrogens is 303 g/mol. The van der Waals surface area contributed by atoms with Crippen molar-refractivity contribution in [2.24, 2.45) is 5.92 Å². The number of carbonyl (C=O) groups is 1. The number of hydrogen-bond donors (Lipinski definition) is 0. The number of benzene rings is 1. The van der Waals surface area contributed by atoms with Crippen molar-refractivity contribution in [2.45, 2.75) is 17.5 Å². The molecule has 1 fully saturated rings. The van der Waals surface area contributed by atoms with Crippen molar-refractivity contribution in [1.82, 2.24) is 0 Å². The number of hydrogen-bond acceptors (Lipinski definition) is 3. The van der Waals surface area contributed by atoms with Gasteiger partial charge in [0.2, 0.25) is 5.91 Å². The molecule has 0 saturated carbocycles. The average Bonchev–Trinajstić information content (AvgIpc) is 2.98. The predicted octanol–water partition coefficient (Wildman–Crippen LogP) is 3.18. The number of halogens is 3. The summed E-state index contributed by atoms with van der Waals surface area (Å²) >= 11 is 1.48. The molecule has 1 saturated heterocycles. The molecule has 7 heteroatoms. The molecule has 2 heterocycles. The van der Waals surface area contributed by atoms with E-state index in [9.17, 15) is 18.0 Å². The molecule has 0 spiro atoms. The number of alkyl halides is 3. The van der Waals surface area contributed by atoms with Crippen LogP contribution in [0.25, 0.3) is 0 Å². The van der Waals surface area contributed by atoms with Gasteiger partial charge in [-0.05, 0) is 24.6 Å². The number of rotatable bonds is 1. The summed E-state index contributed by atoms with van der Waals surface area (Å²) in [5, 5.41) is 0. The number of ether oxygens (including phenoxy) is 1. The van der Waals surface area contributed by atoms with Gasteiger partial charge in [0.05, 0.1) is 23.8 Å². The molecule has 3 rings (SSSR count). The van der Waals surface area contributed by atoms with Crippen LogP contribution in [0, 0.1) is 5.92 Å². The minimum absolute atomic E-state index is 0.131. The van der Waals surface area contributed by atoms with E-state index in [1.807, 2.05) is 0 Å². The lowest BCUT2D eigenvalue weighted by atomic mass is 10.1. The van der Waals surface area contributed by atoms with Gasteiger partial charge >= 0.3 is 6.18 Å². The Morgan fingerprint density at radius 1 is 1.38 bits per heavy atom. The van der Waals surface area contributed by atoms with Crippen molar-refractivity contribution in [3.63, 3.8) is 0 Å². The first-order valence-electron chi connectivity index (χ1n) is 6.70. The molecule has 0 aromatic heterocycles. The second-order valence-electron chi connectivity index (χ2n) is 5.08. The predicted molar refractivity (Wildman–Crippen MR) is 73.4 cm³/mol. The summed E-state index contributed by atoms with van der Waals surface area (Å²) in [6, 6.07) is 3.60. The molecule has 21 heavy (non-hydrogen) atoms. The van der Waals surface area contributed by atoms with Crippen molar-refractivity contribution < 1.29 is 22.7 Å². The molecule has 1 unspecified atom stereocenters. The number of carbonyl (C=O) groups excluding carboxylic acids is 1. The van der Waals surface area contributed by atoms with Crippen LogP contribution in [0.5, 0.6) is 0 Å². The molecule has 1 amide bonds. The molecule has 1 atom stereocenters. The van der Waals surface area contributed by atoms with E-state index in [0.29, 0.717) is 37.6 Å². The number of amides is 1. The van der Waals surface area contributed by atoms with Crippen molar-refractivity contribution in [2.75, 3.05) is 30.4 Å². The van der Waals surface area contributed by atoms with E-state index < -0.39 is 11.7 Å². The highest BCUT2D eigenvalue weighted by Gasteiger charge is 2.35. The van der Waals surface area contributed by atoms with Crippen LogP contribution >= 0.6 is 11.8 Å². The lowest BCUT2D eigenvalue weighted by molar-refractivity contribution is -0.137. The molecule has 2 aliphatic heterocycles. The Kier molecular flexibility index (Phi) is 3.88. The fourth-order valence-corrected chi connectivity index (χ4v) is 3.55. The zero-order valence-electron chi connectivity index (χ0n) is 11.2. The monoisotopic (exact) mass is 317 g/mol. The smallest absolute Gasteiger partial charge is 0.381 e. The lowest BCUT2D eigenvalue weighted by Gasteiger charge is -2.31. The quantitative estimate of drug-likeness (QED) is 0.797. The average molecular weight is 317 g/mol. The third-order valence-electron chi connectivity index (χ3n) is 3.69. The minimum Gasteiger partial charge on any atom is -0.381 e. The van der Waals surface area contributed by atoms with Gasteiger partial charge in [0, 0.05) is 23.8 Å². The Balaban J connectivity index is 1.94. The van der Waals surface area contributed by atoms with Crippen LogP contribution in [0.1, 0.15) is 12.0 Å². The summed E-state index contributed by atoms with van der Waals surface area (Å²) in [5.41, 5.74) is -0.345. The van der Waals surface area contributed by atoms with Gasteiger partial charge < -0.3 is 9.64 Å². The Morgan fingerprint density at radius 2 is 2.19 bits per heavy atom. The second kappa shape index (κ2) is 5.53. The Bertz CT molecular complexity index is 556. The van der Waals surface area contributed by atoms with Crippen molar-refractivity contribution in [1.29, 1.82) is 0 Å². The molecule has 114 valence electrons. The second-order valence-corrected chi connectivity index (χ2v) is 6.22. The molecule has 3 nitrogen and oxygen atoms in total. The van der Waals surface area contributed by atoms with E-state index in [2.05, 4.69) is 0 Å². The van der Waals surface area contributed by atoms with Crippen LogP contribution < -0.4 is 4.90 Å². The minimum atomic E-state index is -4.40. The maximum Gasteiger partial charge on any atom is 0.416 e. The Labute approximate surface area is 124 Å². The van der Waals surface area contributed by atoms with Gasteiger partial charge in [-0.2, -0.15) is 13.2 Å². The maximum absolute atomic E-state index is 12.9. The molecule has 0 radical (unpaired) electrons. The number of fused-ring (bicyclic) bond motifs is 1. The third-order valence-corrected chi connectivity index (χ3v) is 4.74. The Morgan fingerprint density at radius 3 is 2.86 bits per heavy atom. The fourth-order valence-electron chi connectivity index (χ4n) is 2.57. The summed E-state index contributed by atoms with van der Waals surface area (Å²) in [6.45, 7) is 1.33. The van der Waals surface area contributed by atoms with Crippen LogP contribution in [-0.2, 0) is 15.7 Å². The van der Waals surface area contributed by atoms with E-state index >= 15 is 0 Å². The summed E-state index contributed by atoms with van der Waals surface area (Å²) in [6.07, 6.45) is -3.76. The van der Waals surface area contributed by atoms with Crippen LogP contribution in [0.3, 0.4) is 0 Å². The largest absolute Gasteiger partial charge is 0.416 e. The maximum atomic E-state index is 12.9. The lowest BCUT2D eigenvalue weighted by Crippen LogP contribution is -2.40. The fraction of sp³-hybridized carbons (Fsp3) is 0.500. The molecule has 0 aliphatic carbocycles. The van der Waals surface area contributed by atoms with Crippen LogP contribution in [-0.4, -0.2) is 31.4 Å². The molecular formula is C14H14F3NO2S. The summed E-state index contributed by atoms with van der Waals surface area (Å²) < 4.78 is 43.8. The van der Waals surface area contributed by atoms with Gasteiger partial charge in [-0.1, -0.05) is 0 Å². The van der Waals surface area contributed by atoms with Gasteiger partial charge in [0.25, 0.3) is 0 Å². The number of thioether (sulfide) groups is 1. The molecule has 0 N–H and O–H groups in total. The molecule has 1 aromatic carbocycles. The zero-order chi connectivity index (χ0) is 15.0. The van der Waals surface area contributed by atoms with Gasteiger partial charge in [-0.15, -0.1) is 11.8 Å². The first-order chi connectivity index (χ1) is 9.97. The van der Waals surface area contributed by atoms with E-state index in [1.165, 1.54) is 22.7 Å². The highest BCUT2D eigenvalue weighted by atomic mass is 32.2. The number of nitrogens with zero attached hydrogens (tertiary/aromatic N) is 1. The first kappa shape index (κ1) is 14.7. The van der Waals surface area contributed by atoms with Crippen LogP contribution in [0.15, 0.2) is 23.1 Å². The van der Waals surface area contributed by atoms with E-state index in [-0.39, 0.29) is 11.8 Å². The SMILES string of the molecule is O=C(C1CCOC1)N1CCSc2ccc(C(F)(F)F)cc21. The molecule has 2 aliphatic rings. The van der Waals surface area contributed by atoms with Gasteiger partial charge in [-0.3, -0.25) is 4.79 Å². The van der Waals surface area contributed by atoms with E-state index in [1.54, 1.807) is 0 Å². The summed E-state index contributed by atoms with van der Waals surface area (Å²) in [4.78, 5) is 14.7. The summed E-state index contributed by atoms with van der Waals surface area (Å²) in [7, 11) is 0.